The lowest BCUT2D eigenvalue weighted by atomic mass is 10.2. The molecule has 1 amide bonds. The van der Waals surface area contributed by atoms with E-state index in [0.29, 0.717) is 17.1 Å². The number of hydrogen-bond donors (Lipinski definition) is 1. The third-order valence-electron chi connectivity index (χ3n) is 2.04. The molecule has 0 atom stereocenters. The summed E-state index contributed by atoms with van der Waals surface area (Å²) in [4.78, 5) is 11.7. The number of ether oxygens (including phenoxy) is 2. The molecule has 0 aromatic heterocycles. The van der Waals surface area contributed by atoms with Gasteiger partial charge in [0, 0.05) is 24.8 Å². The molecular weight excluding hydrogens is 230 g/mol. The fraction of sp³-hybridized carbons (Fsp3) is 0.364. The van der Waals surface area contributed by atoms with E-state index < -0.39 is 6.29 Å². The Morgan fingerprint density at radius 1 is 1.44 bits per heavy atom. The Morgan fingerprint density at radius 3 is 2.69 bits per heavy atom. The van der Waals surface area contributed by atoms with Gasteiger partial charge in [0.15, 0.2) is 6.29 Å². The molecule has 0 aliphatic heterocycles. The van der Waals surface area contributed by atoms with Crippen molar-refractivity contribution in [1.82, 2.24) is 5.32 Å². The topological polar surface area (TPSA) is 47.6 Å². The minimum Gasteiger partial charge on any atom is -0.354 e. The Hall–Kier alpha value is -1.10. The van der Waals surface area contributed by atoms with Crippen molar-refractivity contribution in [2.45, 2.75) is 6.29 Å². The number of benzene rings is 1. The number of amides is 1. The zero-order chi connectivity index (χ0) is 12.0. The zero-order valence-corrected chi connectivity index (χ0v) is 9.95. The van der Waals surface area contributed by atoms with Gasteiger partial charge in [-0.05, 0) is 18.2 Å². The average Bonchev–Trinajstić information content (AvgIpc) is 2.30. The molecule has 0 saturated carbocycles. The van der Waals surface area contributed by atoms with Crippen LogP contribution in [-0.4, -0.2) is 33.0 Å². The van der Waals surface area contributed by atoms with Crippen molar-refractivity contribution in [3.05, 3.63) is 34.9 Å². The van der Waals surface area contributed by atoms with Crippen molar-refractivity contribution in [2.75, 3.05) is 20.8 Å². The van der Waals surface area contributed by atoms with E-state index in [9.17, 15) is 4.79 Å². The molecular formula is C11H14ClNO3. The smallest absolute Gasteiger partial charge is 0.251 e. The van der Waals surface area contributed by atoms with Gasteiger partial charge < -0.3 is 14.8 Å². The molecule has 0 saturated heterocycles. The van der Waals surface area contributed by atoms with Gasteiger partial charge in [-0.25, -0.2) is 0 Å². The molecule has 0 heterocycles. The lowest BCUT2D eigenvalue weighted by Gasteiger charge is -2.13. The van der Waals surface area contributed by atoms with Gasteiger partial charge in [0.05, 0.1) is 6.54 Å². The summed E-state index contributed by atoms with van der Waals surface area (Å²) in [6, 6.07) is 6.73. The van der Waals surface area contributed by atoms with Crippen LogP contribution in [0.2, 0.25) is 5.02 Å². The quantitative estimate of drug-likeness (QED) is 0.801. The molecule has 0 fully saturated rings. The van der Waals surface area contributed by atoms with E-state index in [1.54, 1.807) is 24.3 Å². The third kappa shape index (κ3) is 3.81. The first-order valence-corrected chi connectivity index (χ1v) is 5.14. The van der Waals surface area contributed by atoms with Gasteiger partial charge in [-0.1, -0.05) is 17.7 Å². The highest BCUT2D eigenvalue weighted by atomic mass is 35.5. The van der Waals surface area contributed by atoms with E-state index in [1.807, 2.05) is 0 Å². The molecule has 5 heteroatoms. The van der Waals surface area contributed by atoms with Gasteiger partial charge >= 0.3 is 0 Å². The summed E-state index contributed by atoms with van der Waals surface area (Å²) < 4.78 is 9.89. The van der Waals surface area contributed by atoms with E-state index in [0.717, 1.165) is 0 Å². The molecule has 1 aromatic carbocycles. The highest BCUT2D eigenvalue weighted by Gasteiger charge is 2.09. The molecule has 0 aliphatic carbocycles. The van der Waals surface area contributed by atoms with E-state index in [2.05, 4.69) is 5.32 Å². The monoisotopic (exact) mass is 243 g/mol. The number of rotatable bonds is 5. The molecule has 0 unspecified atom stereocenters. The summed E-state index contributed by atoms with van der Waals surface area (Å²) in [6.07, 6.45) is -0.442. The maximum absolute atomic E-state index is 11.7. The van der Waals surface area contributed by atoms with Crippen molar-refractivity contribution >= 4 is 17.5 Å². The average molecular weight is 244 g/mol. The summed E-state index contributed by atoms with van der Waals surface area (Å²) in [7, 11) is 3.03. The standard InChI is InChI=1S/C11H14ClNO3/c1-15-10(16-2)7-13-11(14)8-4-3-5-9(12)6-8/h3-6,10H,7H2,1-2H3,(H,13,14). The lowest BCUT2D eigenvalue weighted by Crippen LogP contribution is -2.34. The van der Waals surface area contributed by atoms with Crippen LogP contribution in [-0.2, 0) is 9.47 Å². The Labute approximate surface area is 99.5 Å². The maximum atomic E-state index is 11.7. The van der Waals surface area contributed by atoms with Gasteiger partial charge in [0.1, 0.15) is 0 Å². The fourth-order valence-electron chi connectivity index (χ4n) is 1.17. The van der Waals surface area contributed by atoms with Crippen molar-refractivity contribution in [3.63, 3.8) is 0 Å². The molecule has 16 heavy (non-hydrogen) atoms. The molecule has 1 aromatic rings. The first-order valence-electron chi connectivity index (χ1n) is 4.76. The Morgan fingerprint density at radius 2 is 2.12 bits per heavy atom. The molecule has 0 bridgehead atoms. The van der Waals surface area contributed by atoms with Crippen molar-refractivity contribution < 1.29 is 14.3 Å². The lowest BCUT2D eigenvalue weighted by molar-refractivity contribution is -0.0974. The van der Waals surface area contributed by atoms with Crippen molar-refractivity contribution in [3.8, 4) is 0 Å². The second-order valence-corrected chi connectivity index (χ2v) is 3.56. The fourth-order valence-corrected chi connectivity index (χ4v) is 1.36. The van der Waals surface area contributed by atoms with Crippen molar-refractivity contribution in [1.29, 1.82) is 0 Å². The number of halogens is 1. The minimum atomic E-state index is -0.442. The SMILES string of the molecule is COC(CNC(=O)c1cccc(Cl)c1)OC. The molecule has 1 N–H and O–H groups in total. The minimum absolute atomic E-state index is 0.207. The first kappa shape index (κ1) is 13.0. The molecule has 0 spiro atoms. The molecule has 1 rings (SSSR count). The number of hydrogen-bond acceptors (Lipinski definition) is 3. The molecule has 88 valence electrons. The van der Waals surface area contributed by atoms with Crippen LogP contribution < -0.4 is 5.32 Å². The number of carbonyl (C=O) groups excluding carboxylic acids is 1. The summed E-state index contributed by atoms with van der Waals surface area (Å²) in [6.45, 7) is 0.290. The van der Waals surface area contributed by atoms with Crippen LogP contribution in [0, 0.1) is 0 Å². The van der Waals surface area contributed by atoms with Crippen LogP contribution >= 0.6 is 11.6 Å². The second kappa shape index (κ2) is 6.48. The van der Waals surface area contributed by atoms with Crippen LogP contribution in [0.25, 0.3) is 0 Å². The van der Waals surface area contributed by atoms with Crippen LogP contribution in [0.5, 0.6) is 0 Å². The number of nitrogens with one attached hydrogen (secondary N) is 1. The number of methoxy groups -OCH3 is 2. The highest BCUT2D eigenvalue weighted by molar-refractivity contribution is 6.30. The van der Waals surface area contributed by atoms with Crippen molar-refractivity contribution in [2.24, 2.45) is 0 Å². The van der Waals surface area contributed by atoms with E-state index in [-0.39, 0.29) is 5.91 Å². The van der Waals surface area contributed by atoms with Gasteiger partial charge in [-0.3, -0.25) is 4.79 Å². The van der Waals surface area contributed by atoms with E-state index >= 15 is 0 Å². The predicted molar refractivity (Wildman–Crippen MR) is 61.6 cm³/mol. The van der Waals surface area contributed by atoms with Gasteiger partial charge in [0.2, 0.25) is 0 Å². The van der Waals surface area contributed by atoms with Crippen LogP contribution in [0.1, 0.15) is 10.4 Å². The Bertz CT molecular complexity index is 353. The largest absolute Gasteiger partial charge is 0.354 e. The zero-order valence-electron chi connectivity index (χ0n) is 9.20. The Kier molecular flexibility index (Phi) is 5.25. The van der Waals surface area contributed by atoms with Gasteiger partial charge in [-0.15, -0.1) is 0 Å². The second-order valence-electron chi connectivity index (χ2n) is 3.12. The maximum Gasteiger partial charge on any atom is 0.251 e. The first-order chi connectivity index (χ1) is 7.67. The Balaban J connectivity index is 2.52. The van der Waals surface area contributed by atoms with Crippen LogP contribution in [0.3, 0.4) is 0 Å². The highest BCUT2D eigenvalue weighted by Crippen LogP contribution is 2.10. The molecule has 0 aliphatic rings. The van der Waals surface area contributed by atoms with Crippen LogP contribution in [0.4, 0.5) is 0 Å². The summed E-state index contributed by atoms with van der Waals surface area (Å²) in [5.41, 5.74) is 0.512. The molecule has 4 nitrogen and oxygen atoms in total. The van der Waals surface area contributed by atoms with E-state index in [1.165, 1.54) is 14.2 Å². The summed E-state index contributed by atoms with van der Waals surface area (Å²) >= 11 is 5.78. The van der Waals surface area contributed by atoms with Gasteiger partial charge in [0.25, 0.3) is 5.91 Å². The van der Waals surface area contributed by atoms with Crippen LogP contribution in [0.15, 0.2) is 24.3 Å². The number of carbonyl (C=O) groups is 1. The normalized spacial score (nSPS) is 10.5. The predicted octanol–water partition coefficient (Wildman–Crippen LogP) is 1.69. The van der Waals surface area contributed by atoms with E-state index in [4.69, 9.17) is 21.1 Å². The molecule has 0 radical (unpaired) electrons. The summed E-state index contributed by atoms with van der Waals surface area (Å²) in [5, 5.41) is 3.21. The summed E-state index contributed by atoms with van der Waals surface area (Å²) in [5.74, 6) is -0.207. The van der Waals surface area contributed by atoms with Gasteiger partial charge in [-0.2, -0.15) is 0 Å². The third-order valence-corrected chi connectivity index (χ3v) is 2.28.